The summed E-state index contributed by atoms with van der Waals surface area (Å²) in [5.74, 6) is -3.52. The van der Waals surface area contributed by atoms with E-state index in [0.717, 1.165) is 52.6 Å². The van der Waals surface area contributed by atoms with E-state index in [2.05, 4.69) is 72.6 Å². The molecule has 24 nitrogen and oxygen atoms in total. The van der Waals surface area contributed by atoms with E-state index in [0.29, 0.717) is 105 Å². The molecule has 2 aromatic heterocycles. The summed E-state index contributed by atoms with van der Waals surface area (Å²) in [5.41, 5.74) is 4.53. The Kier molecular flexibility index (Phi) is 26.5. The molecule has 5 heterocycles. The number of rotatable bonds is 39. The summed E-state index contributed by atoms with van der Waals surface area (Å²) in [6.07, 6.45) is 12.3. The molecule has 0 saturated carbocycles. The fourth-order valence-corrected chi connectivity index (χ4v) is 11.6. The Morgan fingerprint density at radius 2 is 1.55 bits per heavy atom. The molecule has 89 heavy (non-hydrogen) atoms. The Balaban J connectivity index is 1.03. The zero-order valence-corrected chi connectivity index (χ0v) is 54.0. The number of hydrogen-bond donors (Lipinski definition) is 6. The van der Waals surface area contributed by atoms with E-state index in [-0.39, 0.29) is 75.2 Å². The van der Waals surface area contributed by atoms with Gasteiger partial charge < -0.3 is 62.0 Å². The van der Waals surface area contributed by atoms with Crippen LogP contribution >= 0.6 is 12.0 Å². The Morgan fingerprint density at radius 3 is 2.21 bits per heavy atom. The molecule has 0 radical (unpaired) electrons. The van der Waals surface area contributed by atoms with E-state index in [9.17, 15) is 41.7 Å². The fourth-order valence-electron chi connectivity index (χ4n) is 10.6. The number of amides is 5. The predicted molar refractivity (Wildman–Crippen MR) is 335 cm³/mol. The maximum absolute atomic E-state index is 17.6. The standard InChI is InChI=1S/C60H87BF2N10O14S2/c1-43-22-29-49(65-43)54-40-46(17-14-36-73(6,7)8)53-41-52-45(18-16-38-89(81,82)83)39-47(69(52)61(62,63)70(53)54)26-23-44-24-27-48(28-25-44)84-37-15-20-55(74)66-51(42-88-87-86-80)60(79)67-50(19-11-13-35-72(3,4)5)59(78)64-32-34-68(2)33-12-9-10-21-58(77)85-71-56(75)30-31-57(71)76/h22-29,39-41,50-51,65H,9-21,30-38,42H2,1-8H3,(H3-2,64,66,67,74,78,79,80,81,82,83)/p+2. The molecule has 3 aliphatic heterocycles. The highest BCUT2D eigenvalue weighted by Crippen LogP contribution is 2.40. The lowest BCUT2D eigenvalue weighted by Gasteiger charge is -2.31. The van der Waals surface area contributed by atoms with Crippen LogP contribution in [-0.2, 0) is 59.5 Å². The average Bonchev–Trinajstić information content (AvgIpc) is 1.60. The minimum Gasteiger partial charge on any atom is -0.494 e. The van der Waals surface area contributed by atoms with Gasteiger partial charge in [0.1, 0.15) is 23.5 Å². The lowest BCUT2D eigenvalue weighted by atomic mass is 9.88. The van der Waals surface area contributed by atoms with Gasteiger partial charge in [-0.05, 0) is 126 Å². The molecule has 6 N–H and O–H groups in total. The first-order chi connectivity index (χ1) is 42.0. The van der Waals surface area contributed by atoms with Gasteiger partial charge in [0.25, 0.3) is 21.9 Å². The molecule has 490 valence electrons. The number of unbranched alkanes of at least 4 members (excludes halogenated alkanes) is 3. The van der Waals surface area contributed by atoms with Gasteiger partial charge in [-0.3, -0.25) is 28.5 Å². The molecule has 1 saturated heterocycles. The van der Waals surface area contributed by atoms with Gasteiger partial charge in [0, 0.05) is 92.0 Å². The van der Waals surface area contributed by atoms with Gasteiger partial charge in [-0.15, -0.1) is 9.40 Å². The van der Waals surface area contributed by atoms with Crippen LogP contribution in [0.15, 0.2) is 59.8 Å². The summed E-state index contributed by atoms with van der Waals surface area (Å²) in [7, 11) is 10.0. The number of imide groups is 1. The maximum Gasteiger partial charge on any atom is 0.737 e. The first kappa shape index (κ1) is 71.5. The van der Waals surface area contributed by atoms with Crippen molar-refractivity contribution in [3.63, 3.8) is 0 Å². The maximum atomic E-state index is 17.6. The van der Waals surface area contributed by atoms with Crippen LogP contribution in [0, 0.1) is 6.92 Å². The number of hydrogen-bond acceptors (Lipinski definition) is 15. The quantitative estimate of drug-likeness (QED) is 0.00566. The molecule has 1 fully saturated rings. The van der Waals surface area contributed by atoms with Crippen LogP contribution in [0.2, 0.25) is 0 Å². The highest BCUT2D eigenvalue weighted by Gasteiger charge is 2.55. The van der Waals surface area contributed by atoms with Crippen molar-refractivity contribution in [2.45, 2.75) is 115 Å². The Hall–Kier alpha value is -6.57. The summed E-state index contributed by atoms with van der Waals surface area (Å²) >= 11 is 0.568. The number of carbonyl (C=O) groups excluding carboxylic acids is 6. The number of halogens is 2. The number of nitrogens with one attached hydrogen (secondary N) is 4. The number of allylic oxidation sites excluding steroid dienone is 2. The number of H-pyrrole nitrogens is 1. The number of benzene rings is 1. The highest BCUT2D eigenvalue weighted by atomic mass is 32.2. The van der Waals surface area contributed by atoms with Crippen molar-refractivity contribution in [3.8, 4) is 5.75 Å². The number of carbonyl (C=O) groups is 6. The number of aromatic nitrogens is 2. The van der Waals surface area contributed by atoms with Gasteiger partial charge in [-0.2, -0.15) is 8.42 Å². The zero-order valence-electron chi connectivity index (χ0n) is 52.4. The van der Waals surface area contributed by atoms with Gasteiger partial charge in [-0.25, -0.2) is 10.1 Å². The summed E-state index contributed by atoms with van der Waals surface area (Å²) < 4.78 is 82.2. The van der Waals surface area contributed by atoms with E-state index >= 15 is 8.63 Å². The number of aryl methyl sites for hydroxylation is 2. The number of nitrogens with zero attached hydrogens (tertiary/aromatic N) is 6. The van der Waals surface area contributed by atoms with Crippen molar-refractivity contribution in [3.05, 3.63) is 93.7 Å². The zero-order chi connectivity index (χ0) is 65.1. The van der Waals surface area contributed by atoms with Gasteiger partial charge in [0.05, 0.1) is 73.5 Å². The fraction of sp³-hybridized carbons (Fsp3) is 0.550. The second kappa shape index (κ2) is 33.0. The Morgan fingerprint density at radius 1 is 0.843 bits per heavy atom. The highest BCUT2D eigenvalue weighted by molar-refractivity contribution is 7.94. The van der Waals surface area contributed by atoms with Crippen LogP contribution in [0.25, 0.3) is 18.2 Å². The molecular weight excluding hydrogens is 1200 g/mol. The van der Waals surface area contributed by atoms with E-state index in [4.69, 9.17) is 14.8 Å². The Bertz CT molecular complexity index is 3190. The summed E-state index contributed by atoms with van der Waals surface area (Å²) in [5, 5.41) is 21.5. The van der Waals surface area contributed by atoms with Crippen LogP contribution in [0.4, 0.5) is 8.63 Å². The second-order valence-electron chi connectivity index (χ2n) is 24.9. The van der Waals surface area contributed by atoms with Gasteiger partial charge in [0.15, 0.2) is 11.4 Å². The van der Waals surface area contributed by atoms with Crippen LogP contribution in [0.1, 0.15) is 124 Å². The van der Waals surface area contributed by atoms with Crippen LogP contribution in [0.3, 0.4) is 0 Å². The smallest absolute Gasteiger partial charge is 0.494 e. The topological polar surface area (TPSA) is 280 Å². The first-order valence-electron chi connectivity index (χ1n) is 30.2. The molecule has 2 unspecified atom stereocenters. The molecule has 3 aliphatic rings. The lowest BCUT2D eigenvalue weighted by Crippen LogP contribution is -2.55. The van der Waals surface area contributed by atoms with Crippen molar-refractivity contribution in [2.24, 2.45) is 0 Å². The van der Waals surface area contributed by atoms with Crippen molar-refractivity contribution >= 4 is 88.6 Å². The molecule has 0 spiro atoms. The third-order valence-electron chi connectivity index (χ3n) is 15.2. The normalized spacial score (nSPS) is 15.7. The number of likely N-dealkylation sites (N-methyl/N-ethyl adjacent to an activating group) is 1. The van der Waals surface area contributed by atoms with Crippen molar-refractivity contribution in [1.82, 2.24) is 35.4 Å². The molecule has 0 aliphatic carbocycles. The van der Waals surface area contributed by atoms with Crippen molar-refractivity contribution < 1.29 is 88.0 Å². The number of fused-ring (bicyclic) bond motifs is 2. The van der Waals surface area contributed by atoms with Gasteiger partial charge >= 0.3 is 12.9 Å². The summed E-state index contributed by atoms with van der Waals surface area (Å²) in [6, 6.07) is 10.0. The minimum atomic E-state index is -4.51. The third kappa shape index (κ3) is 22.7. The monoisotopic (exact) mass is 1290 g/mol. The van der Waals surface area contributed by atoms with E-state index < -0.39 is 70.4 Å². The molecular formula is C60H89BF2N10O14S2+2. The number of ether oxygens (including phenoxy) is 1. The molecule has 2 atom stereocenters. The predicted octanol–water partition coefficient (Wildman–Crippen LogP) is 5.91. The number of quaternary nitrogens is 2. The van der Waals surface area contributed by atoms with Crippen molar-refractivity contribution in [1.29, 1.82) is 0 Å². The van der Waals surface area contributed by atoms with Crippen LogP contribution in [-0.4, -0.2) is 212 Å². The third-order valence-corrected chi connectivity index (χ3v) is 16.6. The molecule has 1 aromatic carbocycles. The van der Waals surface area contributed by atoms with Crippen LogP contribution < -0.4 is 20.7 Å². The summed E-state index contributed by atoms with van der Waals surface area (Å²) in [6.45, 7) is 0.531. The average molecular weight is 1290 g/mol. The second-order valence-corrected chi connectivity index (χ2v) is 27.2. The molecule has 6 rings (SSSR count). The van der Waals surface area contributed by atoms with E-state index in [1.54, 1.807) is 54.6 Å². The molecule has 29 heteroatoms. The first-order valence-corrected chi connectivity index (χ1v) is 32.7. The summed E-state index contributed by atoms with van der Waals surface area (Å²) in [4.78, 5) is 86.6. The Labute approximate surface area is 524 Å². The minimum absolute atomic E-state index is 0.0191. The van der Waals surface area contributed by atoms with E-state index in [1.807, 2.05) is 31.0 Å². The van der Waals surface area contributed by atoms with Crippen molar-refractivity contribution in [2.75, 3.05) is 100 Å². The van der Waals surface area contributed by atoms with Gasteiger partial charge in [-0.1, -0.05) is 29.7 Å². The number of aromatic amines is 1. The number of hydroxylamine groups is 2. The van der Waals surface area contributed by atoms with Gasteiger partial charge in [0.2, 0.25) is 17.7 Å². The lowest BCUT2D eigenvalue weighted by molar-refractivity contribution is -0.870. The SMILES string of the molecule is Cc1ccc(C2=[N+]3C(=Cc4c(CCCS(=O)(=O)O)cc(C=Cc5ccc(OCCCC(=O)NC(CSOOO)C(=O)NC(CCCC[N+](C)(C)C)C(=O)NCCN(C)CCCCCC(=O)ON6C(=O)CCC6=O)cc5)n4[B-]3(F)F)C(CCC[N+](C)(C)C)=C2)[nH]1. The molecule has 5 amide bonds. The van der Waals surface area contributed by atoms with Crippen LogP contribution in [0.5, 0.6) is 5.75 Å². The molecule has 3 aromatic rings. The largest absolute Gasteiger partial charge is 0.737 e. The van der Waals surface area contributed by atoms with E-state index in [1.165, 1.54) is 0 Å². The molecule has 0 bridgehead atoms.